The van der Waals surface area contributed by atoms with E-state index >= 15 is 0 Å². The molecule has 17 heavy (non-hydrogen) atoms. The Bertz CT molecular complexity index is 390. The van der Waals surface area contributed by atoms with Gasteiger partial charge in [-0.3, -0.25) is 9.59 Å². The summed E-state index contributed by atoms with van der Waals surface area (Å²) in [6.45, 7) is 6.91. The van der Waals surface area contributed by atoms with Crippen LogP contribution in [0.4, 0.5) is 0 Å². The topological polar surface area (TPSA) is 43.4 Å². The molecule has 0 fully saturated rings. The smallest absolute Gasteiger partial charge is 0.214 e. The molecule has 0 saturated heterocycles. The van der Waals surface area contributed by atoms with E-state index in [1.54, 1.807) is 12.1 Å². The summed E-state index contributed by atoms with van der Waals surface area (Å²) in [5.74, 6) is 0.445. The second-order valence-electron chi connectivity index (χ2n) is 4.44. The van der Waals surface area contributed by atoms with Gasteiger partial charge in [-0.05, 0) is 37.5 Å². The van der Waals surface area contributed by atoms with Crippen LogP contribution in [0.3, 0.4) is 0 Å². The lowest BCUT2D eigenvalue weighted by molar-refractivity contribution is -0.134. The van der Waals surface area contributed by atoms with E-state index in [0.29, 0.717) is 11.7 Å². The molecule has 0 spiro atoms. The molecule has 1 rings (SSSR count). The highest BCUT2D eigenvalue weighted by atomic mass is 16.5. The zero-order valence-corrected chi connectivity index (χ0v) is 10.7. The van der Waals surface area contributed by atoms with E-state index in [9.17, 15) is 9.59 Å². The molecule has 0 bridgehead atoms. The molecule has 1 aromatic rings. The molecule has 1 aromatic carbocycles. The molecule has 0 unspecified atom stereocenters. The van der Waals surface area contributed by atoms with Gasteiger partial charge in [0.05, 0.1) is 0 Å². The summed E-state index contributed by atoms with van der Waals surface area (Å²) in [4.78, 5) is 22.4. The van der Waals surface area contributed by atoms with E-state index in [1.165, 1.54) is 19.4 Å². The van der Waals surface area contributed by atoms with E-state index in [1.807, 2.05) is 12.1 Å². The highest BCUT2D eigenvalue weighted by Crippen LogP contribution is 2.19. The fraction of sp³-hybridized carbons (Fsp3) is 0.429. The monoisotopic (exact) mass is 234 g/mol. The van der Waals surface area contributed by atoms with E-state index in [2.05, 4.69) is 13.8 Å². The summed E-state index contributed by atoms with van der Waals surface area (Å²) < 4.78 is 5.37. The van der Waals surface area contributed by atoms with Crippen LogP contribution in [0.5, 0.6) is 5.75 Å². The lowest BCUT2D eigenvalue weighted by Gasteiger charge is -2.14. The van der Waals surface area contributed by atoms with E-state index < -0.39 is 6.10 Å². The Hall–Kier alpha value is -1.64. The van der Waals surface area contributed by atoms with Crippen LogP contribution < -0.4 is 4.74 Å². The van der Waals surface area contributed by atoms with Crippen molar-refractivity contribution in [2.75, 3.05) is 0 Å². The van der Waals surface area contributed by atoms with Crippen molar-refractivity contribution in [1.29, 1.82) is 0 Å². The molecule has 0 aliphatic rings. The van der Waals surface area contributed by atoms with Gasteiger partial charge < -0.3 is 4.74 Å². The number of Topliss-reactive ketones (excluding diaryl/α,β-unsaturated/α-hetero) is 2. The van der Waals surface area contributed by atoms with E-state index in [-0.39, 0.29) is 11.6 Å². The first-order valence-electron chi connectivity index (χ1n) is 5.69. The Morgan fingerprint density at radius 1 is 1.00 bits per heavy atom. The average Bonchev–Trinajstić information content (AvgIpc) is 2.25. The van der Waals surface area contributed by atoms with Crippen LogP contribution in [0.1, 0.15) is 39.2 Å². The molecule has 0 N–H and O–H groups in total. The molecule has 0 aromatic heterocycles. The van der Waals surface area contributed by atoms with Crippen molar-refractivity contribution in [3.05, 3.63) is 29.8 Å². The van der Waals surface area contributed by atoms with E-state index in [0.717, 1.165) is 0 Å². The second-order valence-corrected chi connectivity index (χ2v) is 4.44. The third kappa shape index (κ3) is 3.70. The number of carbonyl (C=O) groups excluding carboxylic acids is 2. The third-order valence-corrected chi connectivity index (χ3v) is 2.54. The number of hydrogen-bond donors (Lipinski definition) is 0. The first-order valence-corrected chi connectivity index (χ1v) is 5.69. The Morgan fingerprint density at radius 2 is 1.47 bits per heavy atom. The lowest BCUT2D eigenvalue weighted by atomic mass is 10.0. The number of ether oxygens (including phenoxy) is 1. The van der Waals surface area contributed by atoms with E-state index in [4.69, 9.17) is 4.74 Å². The summed E-state index contributed by atoms with van der Waals surface area (Å²) >= 11 is 0. The molecule has 0 saturated carbocycles. The highest BCUT2D eigenvalue weighted by molar-refractivity contribution is 6.03. The van der Waals surface area contributed by atoms with Gasteiger partial charge in [-0.15, -0.1) is 0 Å². The van der Waals surface area contributed by atoms with Crippen molar-refractivity contribution in [3.63, 3.8) is 0 Å². The van der Waals surface area contributed by atoms with Crippen LogP contribution >= 0.6 is 0 Å². The van der Waals surface area contributed by atoms with Crippen molar-refractivity contribution in [3.8, 4) is 5.75 Å². The Kier molecular flexibility index (Phi) is 4.44. The minimum Gasteiger partial charge on any atom is -0.475 e. The first-order chi connectivity index (χ1) is 7.91. The minimum absolute atomic E-state index is 0.273. The molecule has 3 heteroatoms. The minimum atomic E-state index is -0.986. The van der Waals surface area contributed by atoms with Crippen LogP contribution in [-0.4, -0.2) is 17.7 Å². The molecule has 3 nitrogen and oxygen atoms in total. The van der Waals surface area contributed by atoms with Crippen LogP contribution in [0, 0.1) is 0 Å². The van der Waals surface area contributed by atoms with Gasteiger partial charge in [0.1, 0.15) is 5.75 Å². The average molecular weight is 234 g/mol. The summed E-state index contributed by atoms with van der Waals surface area (Å²) in [5, 5.41) is 0. The number of benzene rings is 1. The van der Waals surface area contributed by atoms with Crippen molar-refractivity contribution >= 4 is 11.6 Å². The molecular formula is C14H18O3. The SMILES string of the molecule is CC(=O)C(Oc1ccc(C(C)C)cc1)C(C)=O. The number of rotatable bonds is 5. The normalized spacial score (nSPS) is 10.7. The highest BCUT2D eigenvalue weighted by Gasteiger charge is 2.21. The van der Waals surface area contributed by atoms with Gasteiger partial charge in [-0.25, -0.2) is 0 Å². The van der Waals surface area contributed by atoms with Crippen LogP contribution in [0.2, 0.25) is 0 Å². The standard InChI is InChI=1S/C14H18O3/c1-9(2)12-5-7-13(8-6-12)17-14(10(3)15)11(4)16/h5-9,14H,1-4H3. The van der Waals surface area contributed by atoms with Gasteiger partial charge in [0, 0.05) is 0 Å². The Morgan fingerprint density at radius 3 is 1.82 bits per heavy atom. The van der Waals surface area contributed by atoms with Crippen LogP contribution in [0.15, 0.2) is 24.3 Å². The molecule has 0 atom stereocenters. The lowest BCUT2D eigenvalue weighted by Crippen LogP contribution is -2.32. The number of hydrogen-bond acceptors (Lipinski definition) is 3. The van der Waals surface area contributed by atoms with Crippen molar-refractivity contribution in [1.82, 2.24) is 0 Å². The fourth-order valence-corrected chi connectivity index (χ4v) is 1.52. The molecule has 0 aliphatic heterocycles. The molecule has 0 aliphatic carbocycles. The van der Waals surface area contributed by atoms with Gasteiger partial charge in [-0.1, -0.05) is 26.0 Å². The van der Waals surface area contributed by atoms with Crippen molar-refractivity contribution < 1.29 is 14.3 Å². The Balaban J connectivity index is 2.80. The summed E-state index contributed by atoms with van der Waals surface area (Å²) in [5.41, 5.74) is 1.19. The maximum Gasteiger partial charge on any atom is 0.214 e. The third-order valence-electron chi connectivity index (χ3n) is 2.54. The summed E-state index contributed by atoms with van der Waals surface area (Å²) in [6, 6.07) is 7.46. The quantitative estimate of drug-likeness (QED) is 0.736. The Labute approximate surface area is 102 Å². The predicted molar refractivity (Wildman–Crippen MR) is 66.3 cm³/mol. The maximum absolute atomic E-state index is 11.2. The summed E-state index contributed by atoms with van der Waals surface area (Å²) in [6.07, 6.45) is -0.986. The molecule has 0 heterocycles. The van der Waals surface area contributed by atoms with Crippen molar-refractivity contribution in [2.24, 2.45) is 0 Å². The molecule has 0 radical (unpaired) electrons. The number of ketones is 2. The molecular weight excluding hydrogens is 216 g/mol. The zero-order valence-electron chi connectivity index (χ0n) is 10.7. The van der Waals surface area contributed by atoms with Gasteiger partial charge >= 0.3 is 0 Å². The fourth-order valence-electron chi connectivity index (χ4n) is 1.52. The largest absolute Gasteiger partial charge is 0.475 e. The van der Waals surface area contributed by atoms with Crippen LogP contribution in [-0.2, 0) is 9.59 Å². The zero-order chi connectivity index (χ0) is 13.0. The number of carbonyl (C=O) groups is 2. The second kappa shape index (κ2) is 5.62. The van der Waals surface area contributed by atoms with Crippen molar-refractivity contribution in [2.45, 2.75) is 39.7 Å². The van der Waals surface area contributed by atoms with Gasteiger partial charge in [-0.2, -0.15) is 0 Å². The van der Waals surface area contributed by atoms with Gasteiger partial charge in [0.25, 0.3) is 0 Å². The predicted octanol–water partition coefficient (Wildman–Crippen LogP) is 2.74. The van der Waals surface area contributed by atoms with Gasteiger partial charge in [0.15, 0.2) is 11.6 Å². The van der Waals surface area contributed by atoms with Gasteiger partial charge in [0.2, 0.25) is 6.10 Å². The molecule has 0 amide bonds. The molecule has 92 valence electrons. The summed E-state index contributed by atoms with van der Waals surface area (Å²) in [7, 11) is 0. The first kappa shape index (κ1) is 13.4. The maximum atomic E-state index is 11.2. The van der Waals surface area contributed by atoms with Crippen LogP contribution in [0.25, 0.3) is 0 Å².